The third-order valence-corrected chi connectivity index (χ3v) is 2.08. The van der Waals surface area contributed by atoms with Crippen molar-refractivity contribution in [2.45, 2.75) is 37.4 Å². The van der Waals surface area contributed by atoms with E-state index >= 15 is 0 Å². The van der Waals surface area contributed by atoms with Crippen LogP contribution in [0.3, 0.4) is 0 Å². The van der Waals surface area contributed by atoms with E-state index < -0.39 is 5.60 Å². The molecule has 0 aromatic rings. The van der Waals surface area contributed by atoms with E-state index in [9.17, 15) is 5.11 Å². The van der Waals surface area contributed by atoms with Crippen LogP contribution in [-0.2, 0) is 0 Å². The minimum atomic E-state index is -0.652. The molecule has 1 aliphatic carbocycles. The molecule has 0 saturated heterocycles. The van der Waals surface area contributed by atoms with Crippen molar-refractivity contribution in [3.05, 3.63) is 12.7 Å². The topological polar surface area (TPSA) is 40.5 Å². The number of aliphatic hydroxyl groups excluding tert-OH is 1. The molecule has 2 heteroatoms. The van der Waals surface area contributed by atoms with Crippen molar-refractivity contribution in [2.24, 2.45) is 0 Å². The van der Waals surface area contributed by atoms with Crippen LogP contribution < -0.4 is 0 Å². The molecule has 0 aromatic heterocycles. The van der Waals surface area contributed by atoms with E-state index in [1.165, 1.54) is 0 Å². The second-order valence-electron chi connectivity index (χ2n) is 3.11. The van der Waals surface area contributed by atoms with Gasteiger partial charge in [0.05, 0.1) is 11.7 Å². The van der Waals surface area contributed by atoms with E-state index in [1.807, 2.05) is 0 Å². The SMILES string of the molecule is C=CCC1(O)CCC(O)C1. The summed E-state index contributed by atoms with van der Waals surface area (Å²) in [5, 5.41) is 18.7. The Morgan fingerprint density at radius 3 is 2.80 bits per heavy atom. The summed E-state index contributed by atoms with van der Waals surface area (Å²) in [5.41, 5.74) is -0.652. The lowest BCUT2D eigenvalue weighted by Crippen LogP contribution is -2.24. The van der Waals surface area contributed by atoms with Crippen LogP contribution in [0.25, 0.3) is 0 Å². The highest BCUT2D eigenvalue weighted by atomic mass is 16.3. The summed E-state index contributed by atoms with van der Waals surface area (Å²) in [5.74, 6) is 0. The Balaban J connectivity index is 2.45. The van der Waals surface area contributed by atoms with E-state index in [-0.39, 0.29) is 6.10 Å². The number of rotatable bonds is 2. The maximum Gasteiger partial charge on any atom is 0.0707 e. The second-order valence-corrected chi connectivity index (χ2v) is 3.11. The highest BCUT2D eigenvalue weighted by Gasteiger charge is 2.34. The van der Waals surface area contributed by atoms with Crippen molar-refractivity contribution >= 4 is 0 Å². The Morgan fingerprint density at radius 1 is 1.70 bits per heavy atom. The van der Waals surface area contributed by atoms with Crippen molar-refractivity contribution in [2.75, 3.05) is 0 Å². The Labute approximate surface area is 61.2 Å². The average Bonchev–Trinajstić information content (AvgIpc) is 2.12. The quantitative estimate of drug-likeness (QED) is 0.561. The summed E-state index contributed by atoms with van der Waals surface area (Å²) in [6.45, 7) is 3.55. The van der Waals surface area contributed by atoms with E-state index in [2.05, 4.69) is 6.58 Å². The summed E-state index contributed by atoms with van der Waals surface area (Å²) in [6.07, 6.45) is 3.95. The van der Waals surface area contributed by atoms with Gasteiger partial charge >= 0.3 is 0 Å². The normalized spacial score (nSPS) is 40.0. The first-order valence-electron chi connectivity index (χ1n) is 3.68. The summed E-state index contributed by atoms with van der Waals surface area (Å²) in [4.78, 5) is 0. The van der Waals surface area contributed by atoms with Crippen LogP contribution in [0.2, 0.25) is 0 Å². The van der Waals surface area contributed by atoms with Gasteiger partial charge in [-0.25, -0.2) is 0 Å². The zero-order valence-electron chi connectivity index (χ0n) is 6.08. The van der Waals surface area contributed by atoms with E-state index in [0.717, 1.165) is 6.42 Å². The summed E-state index contributed by atoms with van der Waals surface area (Å²) in [6, 6.07) is 0. The Bertz CT molecular complexity index is 133. The Hall–Kier alpha value is -0.340. The minimum Gasteiger partial charge on any atom is -0.393 e. The molecule has 0 aromatic carbocycles. The minimum absolute atomic E-state index is 0.301. The molecule has 1 aliphatic rings. The Morgan fingerprint density at radius 2 is 2.40 bits per heavy atom. The molecule has 0 aliphatic heterocycles. The molecule has 2 N–H and O–H groups in total. The fraction of sp³-hybridized carbons (Fsp3) is 0.750. The lowest BCUT2D eigenvalue weighted by molar-refractivity contribution is 0.0354. The molecule has 0 spiro atoms. The highest BCUT2D eigenvalue weighted by molar-refractivity contribution is 4.93. The fourth-order valence-electron chi connectivity index (χ4n) is 1.53. The highest BCUT2D eigenvalue weighted by Crippen LogP contribution is 2.32. The average molecular weight is 142 g/mol. The molecular weight excluding hydrogens is 128 g/mol. The molecule has 0 amide bonds. The largest absolute Gasteiger partial charge is 0.393 e. The first-order valence-corrected chi connectivity index (χ1v) is 3.68. The van der Waals surface area contributed by atoms with Crippen molar-refractivity contribution in [1.29, 1.82) is 0 Å². The van der Waals surface area contributed by atoms with Gasteiger partial charge in [-0.05, 0) is 19.3 Å². The van der Waals surface area contributed by atoms with Crippen LogP contribution in [-0.4, -0.2) is 21.9 Å². The second kappa shape index (κ2) is 2.72. The lowest BCUT2D eigenvalue weighted by Gasteiger charge is -2.19. The zero-order valence-corrected chi connectivity index (χ0v) is 6.08. The van der Waals surface area contributed by atoms with Crippen molar-refractivity contribution in [1.82, 2.24) is 0 Å². The predicted molar refractivity (Wildman–Crippen MR) is 39.6 cm³/mol. The third-order valence-electron chi connectivity index (χ3n) is 2.08. The van der Waals surface area contributed by atoms with Gasteiger partial charge in [-0.1, -0.05) is 6.08 Å². The van der Waals surface area contributed by atoms with Crippen LogP contribution in [0.5, 0.6) is 0 Å². The summed E-state index contributed by atoms with van der Waals surface area (Å²) in [7, 11) is 0. The number of hydrogen-bond acceptors (Lipinski definition) is 2. The standard InChI is InChI=1S/C8H14O2/c1-2-4-8(10)5-3-7(9)6-8/h2,7,9-10H,1,3-6H2. The Kier molecular flexibility index (Phi) is 2.11. The molecule has 1 saturated carbocycles. The molecule has 2 atom stereocenters. The summed E-state index contributed by atoms with van der Waals surface area (Å²) >= 11 is 0. The molecule has 2 nitrogen and oxygen atoms in total. The van der Waals surface area contributed by atoms with Crippen LogP contribution >= 0.6 is 0 Å². The molecule has 58 valence electrons. The molecule has 10 heavy (non-hydrogen) atoms. The summed E-state index contributed by atoms with van der Waals surface area (Å²) < 4.78 is 0. The van der Waals surface area contributed by atoms with Gasteiger partial charge < -0.3 is 10.2 Å². The van der Waals surface area contributed by atoms with Gasteiger partial charge in [0, 0.05) is 6.42 Å². The number of aliphatic hydroxyl groups is 2. The zero-order chi connectivity index (χ0) is 7.61. The van der Waals surface area contributed by atoms with E-state index in [4.69, 9.17) is 5.11 Å². The van der Waals surface area contributed by atoms with E-state index in [1.54, 1.807) is 6.08 Å². The van der Waals surface area contributed by atoms with Gasteiger partial charge in [0.15, 0.2) is 0 Å². The van der Waals surface area contributed by atoms with Crippen molar-refractivity contribution < 1.29 is 10.2 Å². The molecule has 1 fully saturated rings. The van der Waals surface area contributed by atoms with Gasteiger partial charge in [0.1, 0.15) is 0 Å². The molecule has 0 radical (unpaired) electrons. The van der Waals surface area contributed by atoms with Gasteiger partial charge in [0.2, 0.25) is 0 Å². The molecule has 0 heterocycles. The van der Waals surface area contributed by atoms with Gasteiger partial charge in [-0.3, -0.25) is 0 Å². The first-order chi connectivity index (χ1) is 4.66. The smallest absolute Gasteiger partial charge is 0.0707 e. The molecule has 2 unspecified atom stereocenters. The van der Waals surface area contributed by atoms with Crippen LogP contribution in [0.15, 0.2) is 12.7 Å². The van der Waals surface area contributed by atoms with Gasteiger partial charge in [-0.15, -0.1) is 6.58 Å². The van der Waals surface area contributed by atoms with Gasteiger partial charge in [0.25, 0.3) is 0 Å². The van der Waals surface area contributed by atoms with Gasteiger partial charge in [-0.2, -0.15) is 0 Å². The molecule has 0 bridgehead atoms. The van der Waals surface area contributed by atoms with Crippen LogP contribution in [0, 0.1) is 0 Å². The maximum atomic E-state index is 9.63. The van der Waals surface area contributed by atoms with E-state index in [0.29, 0.717) is 19.3 Å². The van der Waals surface area contributed by atoms with Crippen LogP contribution in [0.1, 0.15) is 25.7 Å². The lowest BCUT2D eigenvalue weighted by atomic mass is 9.98. The number of hydrogen-bond donors (Lipinski definition) is 2. The maximum absolute atomic E-state index is 9.63. The molecule has 1 rings (SSSR count). The third kappa shape index (κ3) is 1.58. The molecular formula is C8H14O2. The van der Waals surface area contributed by atoms with Crippen molar-refractivity contribution in [3.8, 4) is 0 Å². The van der Waals surface area contributed by atoms with Crippen molar-refractivity contribution in [3.63, 3.8) is 0 Å². The predicted octanol–water partition coefficient (Wildman–Crippen LogP) is 0.838. The first kappa shape index (κ1) is 7.76. The fourth-order valence-corrected chi connectivity index (χ4v) is 1.53. The monoisotopic (exact) mass is 142 g/mol. The van der Waals surface area contributed by atoms with Crippen LogP contribution in [0.4, 0.5) is 0 Å².